The summed E-state index contributed by atoms with van der Waals surface area (Å²) in [6.07, 6.45) is 0.814. The van der Waals surface area contributed by atoms with Crippen molar-refractivity contribution < 1.29 is 4.79 Å². The SMILES string of the molecule is Cc1ccc(-n2c(SCC(=O)NCCc3ccccc3)nnc2-c2cccc(C)c2)cc1. The highest BCUT2D eigenvalue weighted by Crippen LogP contribution is 2.28. The minimum Gasteiger partial charge on any atom is -0.355 e. The molecule has 0 radical (unpaired) electrons. The van der Waals surface area contributed by atoms with Gasteiger partial charge in [-0.1, -0.05) is 83.6 Å². The summed E-state index contributed by atoms with van der Waals surface area (Å²) in [7, 11) is 0. The Kier molecular flexibility index (Phi) is 7.02. The number of amides is 1. The molecule has 0 atom stereocenters. The topological polar surface area (TPSA) is 59.8 Å². The smallest absolute Gasteiger partial charge is 0.230 e. The zero-order valence-electron chi connectivity index (χ0n) is 18.3. The molecule has 0 saturated heterocycles. The van der Waals surface area contributed by atoms with Crippen LogP contribution in [0, 0.1) is 13.8 Å². The van der Waals surface area contributed by atoms with Crippen molar-refractivity contribution in [3.05, 3.63) is 95.6 Å². The van der Waals surface area contributed by atoms with E-state index in [1.165, 1.54) is 22.9 Å². The number of rotatable bonds is 8. The zero-order chi connectivity index (χ0) is 22.3. The molecule has 4 rings (SSSR count). The first kappa shape index (κ1) is 21.8. The number of nitrogens with one attached hydrogen (secondary N) is 1. The van der Waals surface area contributed by atoms with Gasteiger partial charge in [0.25, 0.3) is 0 Å². The standard InChI is InChI=1S/C26H26N4OS/c1-19-11-13-23(14-12-19)30-25(22-10-6-7-20(2)17-22)28-29-26(30)32-18-24(31)27-16-15-21-8-4-3-5-9-21/h3-14,17H,15-16,18H2,1-2H3,(H,27,31). The Hall–Kier alpha value is -3.38. The van der Waals surface area contributed by atoms with Gasteiger partial charge in [0.05, 0.1) is 5.75 Å². The first-order valence-electron chi connectivity index (χ1n) is 10.6. The van der Waals surface area contributed by atoms with Gasteiger partial charge in [-0.15, -0.1) is 10.2 Å². The molecule has 0 aliphatic heterocycles. The van der Waals surface area contributed by atoms with Gasteiger partial charge in [-0.2, -0.15) is 0 Å². The summed E-state index contributed by atoms with van der Waals surface area (Å²) < 4.78 is 2.02. The van der Waals surface area contributed by atoms with Gasteiger partial charge in [0.1, 0.15) is 0 Å². The monoisotopic (exact) mass is 442 g/mol. The number of hydrogen-bond acceptors (Lipinski definition) is 4. The van der Waals surface area contributed by atoms with Crippen molar-refractivity contribution in [3.63, 3.8) is 0 Å². The molecule has 1 amide bonds. The minimum atomic E-state index is -0.0125. The summed E-state index contributed by atoms with van der Waals surface area (Å²) in [5.74, 6) is 1.04. The van der Waals surface area contributed by atoms with Crippen molar-refractivity contribution in [3.8, 4) is 17.1 Å². The summed E-state index contributed by atoms with van der Waals surface area (Å²) in [4.78, 5) is 12.4. The molecular formula is C26H26N4OS. The maximum absolute atomic E-state index is 12.4. The number of carbonyl (C=O) groups is 1. The van der Waals surface area contributed by atoms with Crippen LogP contribution in [-0.4, -0.2) is 33.0 Å². The Bertz CT molecular complexity index is 1190. The molecule has 0 fully saturated rings. The van der Waals surface area contributed by atoms with Crippen molar-refractivity contribution in [2.75, 3.05) is 12.3 Å². The molecule has 6 heteroatoms. The number of aromatic nitrogens is 3. The molecule has 3 aromatic carbocycles. The molecule has 0 bridgehead atoms. The normalized spacial score (nSPS) is 10.8. The second-order valence-electron chi connectivity index (χ2n) is 7.72. The molecule has 0 aliphatic carbocycles. The Morgan fingerprint density at radius 2 is 1.69 bits per heavy atom. The van der Waals surface area contributed by atoms with Crippen LogP contribution in [0.1, 0.15) is 16.7 Å². The van der Waals surface area contributed by atoms with Gasteiger partial charge in [0.2, 0.25) is 5.91 Å². The van der Waals surface area contributed by atoms with Crippen LogP contribution in [0.2, 0.25) is 0 Å². The van der Waals surface area contributed by atoms with E-state index in [-0.39, 0.29) is 11.7 Å². The van der Waals surface area contributed by atoms with Gasteiger partial charge in [0.15, 0.2) is 11.0 Å². The fourth-order valence-electron chi connectivity index (χ4n) is 3.43. The molecule has 5 nitrogen and oxygen atoms in total. The van der Waals surface area contributed by atoms with Crippen LogP contribution >= 0.6 is 11.8 Å². The van der Waals surface area contributed by atoms with Crippen molar-refractivity contribution in [1.29, 1.82) is 0 Å². The molecule has 1 aromatic heterocycles. The molecule has 0 aliphatic rings. The van der Waals surface area contributed by atoms with Gasteiger partial charge < -0.3 is 5.32 Å². The fourth-order valence-corrected chi connectivity index (χ4v) is 4.21. The van der Waals surface area contributed by atoms with E-state index in [1.54, 1.807) is 0 Å². The molecule has 0 saturated carbocycles. The molecule has 1 heterocycles. The third-order valence-electron chi connectivity index (χ3n) is 5.11. The van der Waals surface area contributed by atoms with Crippen LogP contribution in [0.4, 0.5) is 0 Å². The summed E-state index contributed by atoms with van der Waals surface area (Å²) in [6.45, 7) is 4.74. The van der Waals surface area contributed by atoms with Crippen LogP contribution in [0.25, 0.3) is 17.1 Å². The van der Waals surface area contributed by atoms with Gasteiger partial charge >= 0.3 is 0 Å². The minimum absolute atomic E-state index is 0.0125. The molecule has 32 heavy (non-hydrogen) atoms. The van der Waals surface area contributed by atoms with E-state index in [9.17, 15) is 4.79 Å². The van der Waals surface area contributed by atoms with Crippen LogP contribution in [0.15, 0.2) is 84.0 Å². The third kappa shape index (κ3) is 5.45. The van der Waals surface area contributed by atoms with Crippen LogP contribution in [0.3, 0.4) is 0 Å². The van der Waals surface area contributed by atoms with Gasteiger partial charge in [-0.25, -0.2) is 0 Å². The van der Waals surface area contributed by atoms with Crippen LogP contribution in [-0.2, 0) is 11.2 Å². The zero-order valence-corrected chi connectivity index (χ0v) is 19.1. The lowest BCUT2D eigenvalue weighted by Gasteiger charge is -2.11. The van der Waals surface area contributed by atoms with E-state index in [0.717, 1.165) is 29.1 Å². The van der Waals surface area contributed by atoms with Gasteiger partial charge in [-0.05, 0) is 44.0 Å². The number of thioether (sulfide) groups is 1. The van der Waals surface area contributed by atoms with E-state index in [1.807, 2.05) is 34.9 Å². The number of aryl methyl sites for hydroxylation is 2. The van der Waals surface area contributed by atoms with Crippen LogP contribution < -0.4 is 5.32 Å². The lowest BCUT2D eigenvalue weighted by Crippen LogP contribution is -2.27. The molecule has 4 aromatic rings. The van der Waals surface area contributed by atoms with E-state index < -0.39 is 0 Å². The van der Waals surface area contributed by atoms with Crippen LogP contribution in [0.5, 0.6) is 0 Å². The third-order valence-corrected chi connectivity index (χ3v) is 6.04. The Morgan fingerprint density at radius 3 is 2.44 bits per heavy atom. The summed E-state index contributed by atoms with van der Waals surface area (Å²) in [5.41, 5.74) is 5.53. The number of hydrogen-bond donors (Lipinski definition) is 1. The van der Waals surface area contributed by atoms with Crippen molar-refractivity contribution >= 4 is 17.7 Å². The quantitative estimate of drug-likeness (QED) is 0.390. The summed E-state index contributed by atoms with van der Waals surface area (Å²) in [5, 5.41) is 12.6. The predicted molar refractivity (Wildman–Crippen MR) is 130 cm³/mol. The number of benzene rings is 3. The van der Waals surface area contributed by atoms with E-state index in [4.69, 9.17) is 0 Å². The van der Waals surface area contributed by atoms with Crippen molar-refractivity contribution in [2.45, 2.75) is 25.4 Å². The molecule has 0 unspecified atom stereocenters. The van der Waals surface area contributed by atoms with Gasteiger partial charge in [0, 0.05) is 17.8 Å². The Balaban J connectivity index is 1.49. The molecule has 162 valence electrons. The maximum atomic E-state index is 12.4. The van der Waals surface area contributed by atoms with Crippen molar-refractivity contribution in [1.82, 2.24) is 20.1 Å². The Labute approximate surface area is 192 Å². The van der Waals surface area contributed by atoms with E-state index >= 15 is 0 Å². The summed E-state index contributed by atoms with van der Waals surface area (Å²) in [6, 6.07) is 26.6. The van der Waals surface area contributed by atoms with Crippen molar-refractivity contribution in [2.24, 2.45) is 0 Å². The highest BCUT2D eigenvalue weighted by Gasteiger charge is 2.17. The van der Waals surface area contributed by atoms with Gasteiger partial charge in [-0.3, -0.25) is 9.36 Å². The Morgan fingerprint density at radius 1 is 0.906 bits per heavy atom. The average Bonchev–Trinajstić information content (AvgIpc) is 3.23. The first-order valence-corrected chi connectivity index (χ1v) is 11.6. The first-order chi connectivity index (χ1) is 15.6. The number of nitrogens with zero attached hydrogens (tertiary/aromatic N) is 3. The molecule has 0 spiro atoms. The highest BCUT2D eigenvalue weighted by atomic mass is 32.2. The fraction of sp³-hybridized carbons (Fsp3) is 0.192. The summed E-state index contributed by atoms with van der Waals surface area (Å²) >= 11 is 1.40. The highest BCUT2D eigenvalue weighted by molar-refractivity contribution is 7.99. The van der Waals surface area contributed by atoms with E-state index in [0.29, 0.717) is 11.7 Å². The van der Waals surface area contributed by atoms with E-state index in [2.05, 4.69) is 77.9 Å². The lowest BCUT2D eigenvalue weighted by atomic mass is 10.1. The largest absolute Gasteiger partial charge is 0.355 e. The lowest BCUT2D eigenvalue weighted by molar-refractivity contribution is -0.118. The predicted octanol–water partition coefficient (Wildman–Crippen LogP) is 5.00. The average molecular weight is 443 g/mol. The second-order valence-corrected chi connectivity index (χ2v) is 8.66. The molecule has 1 N–H and O–H groups in total. The second kappa shape index (κ2) is 10.3. The number of carbonyl (C=O) groups excluding carboxylic acids is 1. The molecular weight excluding hydrogens is 416 g/mol. The maximum Gasteiger partial charge on any atom is 0.230 e.